The fraction of sp³-hybridized carbons (Fsp3) is 0.588. The molecule has 1 saturated heterocycles. The Hall–Kier alpha value is -1.43. The Morgan fingerprint density at radius 3 is 2.95 bits per heavy atom. The molecule has 1 fully saturated rings. The van der Waals surface area contributed by atoms with E-state index in [1.165, 1.54) is 5.56 Å². The van der Waals surface area contributed by atoms with Crippen LogP contribution in [-0.4, -0.2) is 63.3 Å². The van der Waals surface area contributed by atoms with Crippen LogP contribution in [0.1, 0.15) is 12.0 Å². The maximum atomic E-state index is 11.7. The molecule has 122 valence electrons. The quantitative estimate of drug-likeness (QED) is 0.693. The molecule has 1 aromatic carbocycles. The minimum atomic E-state index is 0.0530. The molecular formula is C17H27N3O2. The zero-order valence-electron chi connectivity index (χ0n) is 13.4. The summed E-state index contributed by atoms with van der Waals surface area (Å²) in [6.07, 6.45) is 2.15. The van der Waals surface area contributed by atoms with Crippen molar-refractivity contribution in [1.82, 2.24) is 15.5 Å². The van der Waals surface area contributed by atoms with Gasteiger partial charge in [-0.3, -0.25) is 4.79 Å². The summed E-state index contributed by atoms with van der Waals surface area (Å²) in [6.45, 7) is 4.48. The molecule has 0 bridgehead atoms. The maximum absolute atomic E-state index is 11.7. The van der Waals surface area contributed by atoms with E-state index in [-0.39, 0.29) is 12.0 Å². The number of hydrogen-bond acceptors (Lipinski definition) is 4. The first-order valence-corrected chi connectivity index (χ1v) is 8.05. The highest BCUT2D eigenvalue weighted by atomic mass is 16.5. The van der Waals surface area contributed by atoms with E-state index in [4.69, 9.17) is 4.74 Å². The third kappa shape index (κ3) is 6.56. The van der Waals surface area contributed by atoms with Crippen molar-refractivity contribution >= 4 is 5.91 Å². The third-order valence-corrected chi connectivity index (χ3v) is 3.81. The third-order valence-electron chi connectivity index (χ3n) is 3.81. The molecule has 5 nitrogen and oxygen atoms in total. The first-order chi connectivity index (χ1) is 10.7. The van der Waals surface area contributed by atoms with Crippen LogP contribution in [0.25, 0.3) is 0 Å². The highest BCUT2D eigenvalue weighted by molar-refractivity contribution is 5.77. The lowest BCUT2D eigenvalue weighted by atomic mass is 10.1. The Labute approximate surface area is 133 Å². The van der Waals surface area contributed by atoms with Gasteiger partial charge in [-0.05, 0) is 25.5 Å². The van der Waals surface area contributed by atoms with E-state index in [0.29, 0.717) is 6.54 Å². The van der Waals surface area contributed by atoms with Crippen LogP contribution in [0, 0.1) is 0 Å². The Balaban J connectivity index is 1.49. The molecule has 2 rings (SSSR count). The molecule has 1 aromatic rings. The van der Waals surface area contributed by atoms with Gasteiger partial charge < -0.3 is 20.3 Å². The van der Waals surface area contributed by atoms with Crippen LogP contribution in [0.2, 0.25) is 0 Å². The van der Waals surface area contributed by atoms with Crippen molar-refractivity contribution in [3.63, 3.8) is 0 Å². The standard InChI is InChI=1S/C17H27N3O2/c1-20-10-11-22-16(14-20)12-18-13-17(21)19-9-5-8-15-6-3-2-4-7-15/h2-4,6-7,16,18H,5,8-14H2,1H3,(H,19,21)/t16-/m1/s1. The van der Waals surface area contributed by atoms with Crippen LogP contribution >= 0.6 is 0 Å². The molecule has 0 saturated carbocycles. The van der Waals surface area contributed by atoms with Crippen molar-refractivity contribution in [1.29, 1.82) is 0 Å². The highest BCUT2D eigenvalue weighted by Gasteiger charge is 2.17. The smallest absolute Gasteiger partial charge is 0.233 e. The van der Waals surface area contributed by atoms with E-state index in [9.17, 15) is 4.79 Å². The molecule has 1 aliphatic heterocycles. The largest absolute Gasteiger partial charge is 0.374 e. The van der Waals surface area contributed by atoms with Crippen LogP contribution in [0.5, 0.6) is 0 Å². The lowest BCUT2D eigenvalue weighted by molar-refractivity contribution is -0.120. The van der Waals surface area contributed by atoms with Crippen LogP contribution in [0.15, 0.2) is 30.3 Å². The molecule has 0 spiro atoms. The normalized spacial score (nSPS) is 19.0. The second-order valence-corrected chi connectivity index (χ2v) is 5.83. The van der Waals surface area contributed by atoms with E-state index in [1.54, 1.807) is 0 Å². The average Bonchev–Trinajstić information content (AvgIpc) is 2.53. The Morgan fingerprint density at radius 2 is 2.18 bits per heavy atom. The number of ether oxygens (including phenoxy) is 1. The van der Waals surface area contributed by atoms with Gasteiger partial charge in [-0.25, -0.2) is 0 Å². The molecule has 1 amide bonds. The van der Waals surface area contributed by atoms with Crippen LogP contribution in [-0.2, 0) is 16.0 Å². The number of nitrogens with one attached hydrogen (secondary N) is 2. The molecule has 0 radical (unpaired) electrons. The van der Waals surface area contributed by atoms with Gasteiger partial charge in [-0.15, -0.1) is 0 Å². The van der Waals surface area contributed by atoms with Crippen molar-refractivity contribution < 1.29 is 9.53 Å². The van der Waals surface area contributed by atoms with Crippen molar-refractivity contribution in [2.75, 3.05) is 46.4 Å². The monoisotopic (exact) mass is 305 g/mol. The number of likely N-dealkylation sites (N-methyl/N-ethyl adjacent to an activating group) is 1. The second kappa shape index (κ2) is 9.56. The van der Waals surface area contributed by atoms with Crippen molar-refractivity contribution in [3.05, 3.63) is 35.9 Å². The van der Waals surface area contributed by atoms with Crippen LogP contribution in [0.3, 0.4) is 0 Å². The van der Waals surface area contributed by atoms with Crippen molar-refractivity contribution in [2.24, 2.45) is 0 Å². The first kappa shape index (κ1) is 16.9. The van der Waals surface area contributed by atoms with E-state index in [1.807, 2.05) is 18.2 Å². The van der Waals surface area contributed by atoms with Gasteiger partial charge in [0.05, 0.1) is 19.3 Å². The Kier molecular flexibility index (Phi) is 7.36. The second-order valence-electron chi connectivity index (χ2n) is 5.83. The molecule has 0 aliphatic carbocycles. The zero-order chi connectivity index (χ0) is 15.6. The minimum Gasteiger partial charge on any atom is -0.374 e. The van der Waals surface area contributed by atoms with Gasteiger partial charge in [0.15, 0.2) is 0 Å². The Morgan fingerprint density at radius 1 is 1.36 bits per heavy atom. The topological polar surface area (TPSA) is 53.6 Å². The fourth-order valence-electron chi connectivity index (χ4n) is 2.56. The predicted octanol–water partition coefficient (Wildman–Crippen LogP) is 0.656. The predicted molar refractivity (Wildman–Crippen MR) is 87.9 cm³/mol. The number of amides is 1. The molecule has 22 heavy (non-hydrogen) atoms. The summed E-state index contributed by atoms with van der Waals surface area (Å²) in [5.74, 6) is 0.0530. The summed E-state index contributed by atoms with van der Waals surface area (Å²) in [5, 5.41) is 6.12. The molecule has 5 heteroatoms. The number of carbonyl (C=O) groups is 1. The van der Waals surface area contributed by atoms with Gasteiger partial charge in [0.25, 0.3) is 0 Å². The van der Waals surface area contributed by atoms with Crippen molar-refractivity contribution in [3.8, 4) is 0 Å². The van der Waals surface area contributed by atoms with Crippen LogP contribution < -0.4 is 10.6 Å². The summed E-state index contributed by atoms with van der Waals surface area (Å²) >= 11 is 0. The van der Waals surface area contributed by atoms with Gasteiger partial charge in [0.2, 0.25) is 5.91 Å². The zero-order valence-corrected chi connectivity index (χ0v) is 13.4. The first-order valence-electron chi connectivity index (χ1n) is 8.05. The summed E-state index contributed by atoms with van der Waals surface area (Å²) in [7, 11) is 2.09. The number of nitrogens with zero attached hydrogens (tertiary/aromatic N) is 1. The molecule has 1 aliphatic rings. The summed E-state index contributed by atoms with van der Waals surface area (Å²) in [6, 6.07) is 10.3. The molecule has 1 atom stereocenters. The minimum absolute atomic E-state index is 0.0530. The van der Waals surface area contributed by atoms with E-state index in [0.717, 1.165) is 45.6 Å². The van der Waals surface area contributed by atoms with E-state index >= 15 is 0 Å². The lowest BCUT2D eigenvalue weighted by Crippen LogP contribution is -2.46. The Bertz CT molecular complexity index is 439. The van der Waals surface area contributed by atoms with Gasteiger partial charge >= 0.3 is 0 Å². The highest BCUT2D eigenvalue weighted by Crippen LogP contribution is 2.02. The van der Waals surface area contributed by atoms with Crippen LogP contribution in [0.4, 0.5) is 0 Å². The van der Waals surface area contributed by atoms with Gasteiger partial charge in [0.1, 0.15) is 0 Å². The van der Waals surface area contributed by atoms with Gasteiger partial charge in [-0.1, -0.05) is 30.3 Å². The summed E-state index contributed by atoms with van der Waals surface area (Å²) < 4.78 is 5.64. The fourth-order valence-corrected chi connectivity index (χ4v) is 2.56. The number of aryl methyl sites for hydroxylation is 1. The van der Waals surface area contributed by atoms with E-state index < -0.39 is 0 Å². The number of benzene rings is 1. The molecule has 0 unspecified atom stereocenters. The van der Waals surface area contributed by atoms with Crippen molar-refractivity contribution in [2.45, 2.75) is 18.9 Å². The molecule has 1 heterocycles. The van der Waals surface area contributed by atoms with Gasteiger partial charge in [0, 0.05) is 26.2 Å². The number of morpholine rings is 1. The summed E-state index contributed by atoms with van der Waals surface area (Å²) in [5.41, 5.74) is 1.31. The lowest BCUT2D eigenvalue weighted by Gasteiger charge is -2.30. The molecule has 2 N–H and O–H groups in total. The average molecular weight is 305 g/mol. The van der Waals surface area contributed by atoms with E-state index in [2.05, 4.69) is 34.7 Å². The SMILES string of the molecule is CN1CCO[C@H](CNCC(=O)NCCCc2ccccc2)C1. The van der Waals surface area contributed by atoms with Gasteiger partial charge in [-0.2, -0.15) is 0 Å². The number of hydrogen-bond donors (Lipinski definition) is 2. The molecule has 0 aromatic heterocycles. The number of rotatable bonds is 8. The summed E-state index contributed by atoms with van der Waals surface area (Å²) in [4.78, 5) is 14.0. The maximum Gasteiger partial charge on any atom is 0.233 e. The number of carbonyl (C=O) groups excluding carboxylic acids is 1. The molecular weight excluding hydrogens is 278 g/mol.